The monoisotopic (exact) mass is 395 g/mol. The SMILES string of the molecule is O=C(/C=C/c1c(Cl)nc2ccccn12)O[C@H](C(=O)NC1CC1)c1ccccc1. The molecule has 0 radical (unpaired) electrons. The molecule has 1 saturated carbocycles. The van der Waals surface area contributed by atoms with Gasteiger partial charge < -0.3 is 10.1 Å². The molecule has 0 unspecified atom stereocenters. The largest absolute Gasteiger partial charge is 0.444 e. The molecule has 4 rings (SSSR count). The fraction of sp³-hybridized carbons (Fsp3) is 0.190. The lowest BCUT2D eigenvalue weighted by molar-refractivity contribution is -0.151. The maximum absolute atomic E-state index is 12.5. The van der Waals surface area contributed by atoms with Gasteiger partial charge in [0.25, 0.3) is 5.91 Å². The molecule has 0 spiro atoms. The van der Waals surface area contributed by atoms with Crippen molar-refractivity contribution >= 4 is 35.2 Å². The van der Waals surface area contributed by atoms with Gasteiger partial charge in [0.2, 0.25) is 6.10 Å². The van der Waals surface area contributed by atoms with Crippen molar-refractivity contribution in [2.45, 2.75) is 25.0 Å². The Morgan fingerprint density at radius 3 is 2.68 bits per heavy atom. The molecular formula is C21H18ClN3O3. The first-order chi connectivity index (χ1) is 13.6. The van der Waals surface area contributed by atoms with E-state index >= 15 is 0 Å². The number of nitrogens with zero attached hydrogens (tertiary/aromatic N) is 2. The maximum Gasteiger partial charge on any atom is 0.331 e. The van der Waals surface area contributed by atoms with Crippen LogP contribution in [0.4, 0.5) is 0 Å². The third-order valence-electron chi connectivity index (χ3n) is 4.40. The summed E-state index contributed by atoms with van der Waals surface area (Å²) in [5.41, 5.74) is 1.86. The van der Waals surface area contributed by atoms with Crippen molar-refractivity contribution in [3.63, 3.8) is 0 Å². The first-order valence-corrected chi connectivity index (χ1v) is 9.36. The van der Waals surface area contributed by atoms with E-state index in [1.54, 1.807) is 34.9 Å². The van der Waals surface area contributed by atoms with Crippen molar-refractivity contribution in [3.05, 3.63) is 77.2 Å². The van der Waals surface area contributed by atoms with Crippen LogP contribution in [0.2, 0.25) is 5.15 Å². The van der Waals surface area contributed by atoms with Crippen LogP contribution in [0, 0.1) is 0 Å². The molecule has 3 aromatic rings. The van der Waals surface area contributed by atoms with Crippen molar-refractivity contribution in [2.75, 3.05) is 0 Å². The predicted octanol–water partition coefficient (Wildman–Crippen LogP) is 3.56. The van der Waals surface area contributed by atoms with Gasteiger partial charge in [-0.2, -0.15) is 0 Å². The van der Waals surface area contributed by atoms with E-state index in [9.17, 15) is 9.59 Å². The number of carbonyl (C=O) groups is 2. The van der Waals surface area contributed by atoms with Gasteiger partial charge in [0, 0.05) is 23.9 Å². The number of rotatable bonds is 6. The van der Waals surface area contributed by atoms with Crippen LogP contribution in [-0.4, -0.2) is 27.3 Å². The van der Waals surface area contributed by atoms with Gasteiger partial charge in [-0.05, 0) is 31.1 Å². The van der Waals surface area contributed by atoms with Gasteiger partial charge in [-0.3, -0.25) is 9.20 Å². The van der Waals surface area contributed by atoms with Crippen LogP contribution >= 0.6 is 11.6 Å². The van der Waals surface area contributed by atoms with E-state index in [2.05, 4.69) is 10.3 Å². The van der Waals surface area contributed by atoms with E-state index in [1.165, 1.54) is 12.2 Å². The number of imidazole rings is 1. The standard InChI is InChI=1S/C21H18ClN3O3/c22-20-16(25-13-5-4-8-17(25)24-20)11-12-18(26)28-19(14-6-2-1-3-7-14)21(27)23-15-9-10-15/h1-8,11-13,15,19H,9-10H2,(H,23,27)/b12-11+/t19-/m0/s1. The smallest absolute Gasteiger partial charge is 0.331 e. The number of pyridine rings is 1. The molecule has 1 N–H and O–H groups in total. The molecule has 1 fully saturated rings. The second-order valence-electron chi connectivity index (χ2n) is 6.56. The number of halogens is 1. The van der Waals surface area contributed by atoms with Crippen LogP contribution in [0.15, 0.2) is 60.8 Å². The first-order valence-electron chi connectivity index (χ1n) is 8.98. The van der Waals surface area contributed by atoms with E-state index < -0.39 is 12.1 Å². The highest BCUT2D eigenvalue weighted by Gasteiger charge is 2.30. The van der Waals surface area contributed by atoms with E-state index in [-0.39, 0.29) is 17.1 Å². The molecule has 0 saturated heterocycles. The summed E-state index contributed by atoms with van der Waals surface area (Å²) >= 11 is 6.17. The Labute approximate surface area is 166 Å². The summed E-state index contributed by atoms with van der Waals surface area (Å²) in [6.45, 7) is 0. The third-order valence-corrected chi connectivity index (χ3v) is 4.68. The molecule has 142 valence electrons. The molecule has 2 heterocycles. The molecule has 2 aromatic heterocycles. The number of fused-ring (bicyclic) bond motifs is 1. The van der Waals surface area contributed by atoms with Crippen molar-refractivity contribution in [1.82, 2.24) is 14.7 Å². The van der Waals surface area contributed by atoms with Crippen molar-refractivity contribution in [2.24, 2.45) is 0 Å². The lowest BCUT2D eigenvalue weighted by Gasteiger charge is -2.17. The molecule has 6 nitrogen and oxygen atoms in total. The van der Waals surface area contributed by atoms with E-state index in [1.807, 2.05) is 24.3 Å². The number of aromatic nitrogens is 2. The Morgan fingerprint density at radius 1 is 1.18 bits per heavy atom. The van der Waals surface area contributed by atoms with Gasteiger partial charge in [0.1, 0.15) is 5.65 Å². The molecule has 0 aliphatic heterocycles. The number of carbonyl (C=O) groups excluding carboxylic acids is 2. The minimum absolute atomic E-state index is 0.171. The van der Waals surface area contributed by atoms with Crippen molar-refractivity contribution in [1.29, 1.82) is 0 Å². The van der Waals surface area contributed by atoms with Gasteiger partial charge in [-0.15, -0.1) is 0 Å². The zero-order valence-corrected chi connectivity index (χ0v) is 15.7. The summed E-state index contributed by atoms with van der Waals surface area (Å²) in [5.74, 6) is -0.954. The number of hydrogen-bond acceptors (Lipinski definition) is 4. The number of amides is 1. The Balaban J connectivity index is 1.53. The quantitative estimate of drug-likeness (QED) is 0.511. The predicted molar refractivity (Wildman–Crippen MR) is 106 cm³/mol. The molecule has 1 amide bonds. The molecule has 28 heavy (non-hydrogen) atoms. The Bertz CT molecular complexity index is 1040. The number of ether oxygens (including phenoxy) is 1. The number of hydrogen-bond donors (Lipinski definition) is 1. The van der Waals surface area contributed by atoms with Gasteiger partial charge in [-0.25, -0.2) is 9.78 Å². The molecular weight excluding hydrogens is 378 g/mol. The topological polar surface area (TPSA) is 72.7 Å². The normalized spacial score (nSPS) is 14.9. The van der Waals surface area contributed by atoms with Crippen molar-refractivity contribution < 1.29 is 14.3 Å². The fourth-order valence-electron chi connectivity index (χ4n) is 2.84. The summed E-state index contributed by atoms with van der Waals surface area (Å²) in [4.78, 5) is 29.2. The van der Waals surface area contributed by atoms with Crippen LogP contribution in [0.3, 0.4) is 0 Å². The first kappa shape index (κ1) is 18.3. The third kappa shape index (κ3) is 4.07. The van der Waals surface area contributed by atoms with E-state index in [0.717, 1.165) is 12.8 Å². The molecule has 7 heteroatoms. The molecule has 1 aliphatic rings. The average molecular weight is 396 g/mol. The number of esters is 1. The van der Waals surface area contributed by atoms with Gasteiger partial charge in [-0.1, -0.05) is 48.0 Å². The number of nitrogens with one attached hydrogen (secondary N) is 1. The second kappa shape index (κ2) is 7.86. The minimum Gasteiger partial charge on any atom is -0.444 e. The van der Waals surface area contributed by atoms with Crippen LogP contribution < -0.4 is 5.32 Å². The second-order valence-corrected chi connectivity index (χ2v) is 6.92. The van der Waals surface area contributed by atoms with Gasteiger partial charge >= 0.3 is 5.97 Å². The molecule has 0 bridgehead atoms. The van der Waals surface area contributed by atoms with Crippen molar-refractivity contribution in [3.8, 4) is 0 Å². The van der Waals surface area contributed by atoms with Crippen LogP contribution in [0.25, 0.3) is 11.7 Å². The lowest BCUT2D eigenvalue weighted by atomic mass is 10.1. The average Bonchev–Trinajstić information content (AvgIpc) is 3.46. The van der Waals surface area contributed by atoms with Crippen LogP contribution in [0.5, 0.6) is 0 Å². The lowest BCUT2D eigenvalue weighted by Crippen LogP contribution is -2.33. The summed E-state index contributed by atoms with van der Waals surface area (Å²) < 4.78 is 7.23. The van der Waals surface area contributed by atoms with Gasteiger partial charge in [0.15, 0.2) is 5.15 Å². The Kier molecular flexibility index (Phi) is 5.12. The van der Waals surface area contributed by atoms with E-state index in [0.29, 0.717) is 16.9 Å². The van der Waals surface area contributed by atoms with Gasteiger partial charge in [0.05, 0.1) is 5.69 Å². The van der Waals surface area contributed by atoms with Crippen LogP contribution in [-0.2, 0) is 14.3 Å². The highest BCUT2D eigenvalue weighted by molar-refractivity contribution is 6.31. The highest BCUT2D eigenvalue weighted by Crippen LogP contribution is 2.24. The maximum atomic E-state index is 12.5. The zero-order valence-electron chi connectivity index (χ0n) is 14.9. The highest BCUT2D eigenvalue weighted by atomic mass is 35.5. The Hall–Kier alpha value is -3.12. The summed E-state index contributed by atoms with van der Waals surface area (Å²) in [5, 5.41) is 3.16. The Morgan fingerprint density at radius 2 is 1.93 bits per heavy atom. The fourth-order valence-corrected chi connectivity index (χ4v) is 3.08. The summed E-state index contributed by atoms with van der Waals surface area (Å²) in [7, 11) is 0. The van der Waals surface area contributed by atoms with Crippen LogP contribution in [0.1, 0.15) is 30.2 Å². The molecule has 1 aromatic carbocycles. The zero-order chi connectivity index (χ0) is 19.5. The summed E-state index contributed by atoms with van der Waals surface area (Å²) in [6, 6.07) is 14.6. The summed E-state index contributed by atoms with van der Waals surface area (Å²) in [6.07, 6.45) is 5.49. The number of benzene rings is 1. The molecule has 1 aliphatic carbocycles. The minimum atomic E-state index is -1.00. The van der Waals surface area contributed by atoms with E-state index in [4.69, 9.17) is 16.3 Å². The molecule has 1 atom stereocenters.